The van der Waals surface area contributed by atoms with E-state index in [2.05, 4.69) is 0 Å². The van der Waals surface area contributed by atoms with Crippen LogP contribution in [0.2, 0.25) is 0 Å². The highest BCUT2D eigenvalue weighted by Crippen LogP contribution is 2.18. The second-order valence-electron chi connectivity index (χ2n) is 3.67. The summed E-state index contributed by atoms with van der Waals surface area (Å²) < 4.78 is 17.5. The van der Waals surface area contributed by atoms with Crippen molar-refractivity contribution >= 4 is 5.91 Å². The van der Waals surface area contributed by atoms with Crippen molar-refractivity contribution in [1.29, 1.82) is 0 Å². The number of rotatable bonds is 4. The van der Waals surface area contributed by atoms with Gasteiger partial charge >= 0.3 is 0 Å². The van der Waals surface area contributed by atoms with Crippen molar-refractivity contribution in [1.82, 2.24) is 4.90 Å². The fourth-order valence-corrected chi connectivity index (χ4v) is 1.41. The van der Waals surface area contributed by atoms with E-state index in [4.69, 9.17) is 4.74 Å². The van der Waals surface area contributed by atoms with E-state index < -0.39 is 0 Å². The summed E-state index contributed by atoms with van der Waals surface area (Å²) in [6.45, 7) is 1.95. The molecule has 0 fully saturated rings. The summed E-state index contributed by atoms with van der Waals surface area (Å²) in [7, 11) is 3.18. The fraction of sp³-hybridized carbons (Fsp3) is 0.417. The molecule has 0 aliphatic carbocycles. The summed E-state index contributed by atoms with van der Waals surface area (Å²) in [4.78, 5) is 13.1. The molecule has 1 amide bonds. The zero-order valence-corrected chi connectivity index (χ0v) is 9.74. The number of nitrogens with zero attached hydrogens (tertiary/aromatic N) is 1. The van der Waals surface area contributed by atoms with Crippen molar-refractivity contribution < 1.29 is 13.9 Å². The van der Waals surface area contributed by atoms with Crippen LogP contribution < -0.4 is 0 Å². The molecule has 1 rings (SSSR count). The fourth-order valence-electron chi connectivity index (χ4n) is 1.41. The maximum absolute atomic E-state index is 12.7. The van der Waals surface area contributed by atoms with Crippen molar-refractivity contribution in [2.45, 2.75) is 13.0 Å². The number of benzene rings is 1. The van der Waals surface area contributed by atoms with Gasteiger partial charge in [-0.1, -0.05) is 12.1 Å². The lowest BCUT2D eigenvalue weighted by atomic mass is 10.1. The Morgan fingerprint density at radius 2 is 2.00 bits per heavy atom. The summed E-state index contributed by atoms with van der Waals surface area (Å²) in [5.41, 5.74) is 0.897. The number of carbonyl (C=O) groups excluding carboxylic acids is 1. The van der Waals surface area contributed by atoms with Crippen LogP contribution in [0.3, 0.4) is 0 Å². The van der Waals surface area contributed by atoms with E-state index >= 15 is 0 Å². The van der Waals surface area contributed by atoms with E-state index in [1.165, 1.54) is 19.2 Å². The van der Waals surface area contributed by atoms with E-state index in [9.17, 15) is 9.18 Å². The third-order valence-corrected chi connectivity index (χ3v) is 2.59. The van der Waals surface area contributed by atoms with Crippen molar-refractivity contribution in [3.63, 3.8) is 0 Å². The minimum absolute atomic E-state index is 0.0576. The van der Waals surface area contributed by atoms with Crippen molar-refractivity contribution in [2.75, 3.05) is 20.8 Å². The van der Waals surface area contributed by atoms with Gasteiger partial charge in [0.25, 0.3) is 0 Å². The molecule has 3 nitrogen and oxygen atoms in total. The van der Waals surface area contributed by atoms with E-state index in [-0.39, 0.29) is 24.4 Å². The van der Waals surface area contributed by atoms with Crippen LogP contribution >= 0.6 is 0 Å². The van der Waals surface area contributed by atoms with Gasteiger partial charge in [0.2, 0.25) is 5.91 Å². The van der Waals surface area contributed by atoms with Crippen molar-refractivity contribution in [3.8, 4) is 0 Å². The second-order valence-corrected chi connectivity index (χ2v) is 3.67. The Hall–Kier alpha value is -1.42. The summed E-state index contributed by atoms with van der Waals surface area (Å²) in [5, 5.41) is 0. The van der Waals surface area contributed by atoms with E-state index in [1.54, 1.807) is 24.1 Å². The molecule has 0 radical (unpaired) electrons. The molecular formula is C12H16FNO2. The zero-order valence-electron chi connectivity index (χ0n) is 9.74. The summed E-state index contributed by atoms with van der Waals surface area (Å²) in [5.74, 6) is -0.374. The lowest BCUT2D eigenvalue weighted by Crippen LogP contribution is -2.32. The molecule has 0 saturated carbocycles. The first kappa shape index (κ1) is 12.6. The summed E-state index contributed by atoms with van der Waals surface area (Å²) in [6.07, 6.45) is 0. The van der Waals surface area contributed by atoms with E-state index in [0.717, 1.165) is 5.56 Å². The minimum Gasteiger partial charge on any atom is -0.375 e. The van der Waals surface area contributed by atoms with Crippen LogP contribution in [0, 0.1) is 5.82 Å². The highest BCUT2D eigenvalue weighted by molar-refractivity contribution is 5.77. The monoisotopic (exact) mass is 225 g/mol. The number of amides is 1. The molecule has 0 unspecified atom stereocenters. The SMILES string of the molecule is COCC(=O)N(C)[C@H](C)c1ccc(F)cc1. The zero-order chi connectivity index (χ0) is 12.1. The average molecular weight is 225 g/mol. The van der Waals surface area contributed by atoms with Crippen LogP contribution in [0.1, 0.15) is 18.5 Å². The first-order chi connectivity index (χ1) is 7.56. The first-order valence-electron chi connectivity index (χ1n) is 5.06. The van der Waals surface area contributed by atoms with Gasteiger partial charge in [0.1, 0.15) is 12.4 Å². The molecule has 1 aromatic rings. The van der Waals surface area contributed by atoms with Gasteiger partial charge < -0.3 is 9.64 Å². The number of carbonyl (C=O) groups is 1. The molecule has 0 spiro atoms. The molecule has 16 heavy (non-hydrogen) atoms. The number of likely N-dealkylation sites (N-methyl/N-ethyl adjacent to an activating group) is 1. The average Bonchev–Trinajstić information content (AvgIpc) is 2.28. The number of ether oxygens (including phenoxy) is 1. The van der Waals surface area contributed by atoms with Gasteiger partial charge in [-0.25, -0.2) is 4.39 Å². The van der Waals surface area contributed by atoms with Gasteiger partial charge in [0, 0.05) is 14.2 Å². The molecule has 0 aliphatic rings. The van der Waals surface area contributed by atoms with E-state index in [0.29, 0.717) is 0 Å². The number of halogens is 1. The molecular weight excluding hydrogens is 209 g/mol. The van der Waals surface area contributed by atoms with Crippen molar-refractivity contribution in [2.24, 2.45) is 0 Å². The molecule has 0 aliphatic heterocycles. The Balaban J connectivity index is 2.73. The molecule has 0 bridgehead atoms. The smallest absolute Gasteiger partial charge is 0.248 e. The summed E-state index contributed by atoms with van der Waals surface area (Å²) >= 11 is 0. The predicted octanol–water partition coefficient (Wildman–Crippen LogP) is 1.99. The van der Waals surface area contributed by atoms with Gasteiger partial charge in [-0.05, 0) is 24.6 Å². The minimum atomic E-state index is -0.276. The Labute approximate surface area is 94.8 Å². The lowest BCUT2D eigenvalue weighted by Gasteiger charge is -2.25. The molecule has 88 valence electrons. The van der Waals surface area contributed by atoms with Crippen LogP contribution in [0.15, 0.2) is 24.3 Å². The number of hydrogen-bond acceptors (Lipinski definition) is 2. The van der Waals surface area contributed by atoms with Crippen LogP contribution in [0.25, 0.3) is 0 Å². The molecule has 0 aromatic heterocycles. The first-order valence-corrected chi connectivity index (χ1v) is 5.06. The maximum Gasteiger partial charge on any atom is 0.248 e. The normalized spacial score (nSPS) is 12.2. The highest BCUT2D eigenvalue weighted by Gasteiger charge is 2.16. The van der Waals surface area contributed by atoms with Gasteiger partial charge in [-0.15, -0.1) is 0 Å². The molecule has 1 atom stereocenters. The number of hydrogen-bond donors (Lipinski definition) is 0. The third-order valence-electron chi connectivity index (χ3n) is 2.59. The largest absolute Gasteiger partial charge is 0.375 e. The van der Waals surface area contributed by atoms with E-state index in [1.807, 2.05) is 6.92 Å². The Bertz CT molecular complexity index is 351. The van der Waals surface area contributed by atoms with Gasteiger partial charge in [0.15, 0.2) is 0 Å². The standard InChI is InChI=1S/C12H16FNO2/c1-9(14(2)12(15)8-16-3)10-4-6-11(13)7-5-10/h4-7,9H,8H2,1-3H3/t9-/m1/s1. The van der Waals surface area contributed by atoms with Gasteiger partial charge in [-0.2, -0.15) is 0 Å². The second kappa shape index (κ2) is 5.61. The Morgan fingerprint density at radius 1 is 1.44 bits per heavy atom. The Kier molecular flexibility index (Phi) is 4.43. The maximum atomic E-state index is 12.7. The molecule has 4 heteroatoms. The third kappa shape index (κ3) is 3.03. The van der Waals surface area contributed by atoms with Crippen molar-refractivity contribution in [3.05, 3.63) is 35.6 Å². The van der Waals surface area contributed by atoms with Gasteiger partial charge in [0.05, 0.1) is 6.04 Å². The Morgan fingerprint density at radius 3 is 2.50 bits per heavy atom. The molecule has 1 aromatic carbocycles. The van der Waals surface area contributed by atoms with Crippen LogP contribution in [-0.2, 0) is 9.53 Å². The predicted molar refractivity (Wildman–Crippen MR) is 59.5 cm³/mol. The van der Waals surface area contributed by atoms with Crippen LogP contribution in [0.4, 0.5) is 4.39 Å². The summed E-state index contributed by atoms with van der Waals surface area (Å²) in [6, 6.07) is 6.04. The van der Waals surface area contributed by atoms with Gasteiger partial charge in [-0.3, -0.25) is 4.79 Å². The van der Waals surface area contributed by atoms with Crippen LogP contribution in [-0.4, -0.2) is 31.6 Å². The lowest BCUT2D eigenvalue weighted by molar-refractivity contribution is -0.135. The molecule has 0 saturated heterocycles. The number of methoxy groups -OCH3 is 1. The highest BCUT2D eigenvalue weighted by atomic mass is 19.1. The molecule has 0 N–H and O–H groups in total. The van der Waals surface area contributed by atoms with Crippen LogP contribution in [0.5, 0.6) is 0 Å². The molecule has 0 heterocycles. The topological polar surface area (TPSA) is 29.5 Å². The quantitative estimate of drug-likeness (QED) is 0.784.